The first-order valence-corrected chi connectivity index (χ1v) is 30.3. The predicted molar refractivity (Wildman–Crippen MR) is 95.0 cm³/mol. The van der Waals surface area contributed by atoms with E-state index in [1.54, 1.807) is 30.3 Å². The first-order valence-electron chi connectivity index (χ1n) is 4.61. The summed E-state index contributed by atoms with van der Waals surface area (Å²) in [5, 5.41) is 0. The molecule has 1 unspecified atom stereocenters. The average Bonchev–Trinajstić information content (AvgIpc) is 2.25. The number of alkyl halides is 3. The SMILES string of the molecule is Cl[C](Cl)([C](Cl)(c1ccccc1)[Sn]([Cl])([Cl])[Cl])[Sn]([Cl])([Cl])[Cl]. The quantitative estimate of drug-likeness (QED) is 0.251. The molecule has 0 aliphatic rings. The van der Waals surface area contributed by atoms with E-state index in [2.05, 4.69) is 0 Å². The summed E-state index contributed by atoms with van der Waals surface area (Å²) < 4.78 is -3.59. The second-order valence-corrected chi connectivity index (χ2v) is 48.8. The van der Waals surface area contributed by atoms with Gasteiger partial charge >= 0.3 is 159 Å². The van der Waals surface area contributed by atoms with E-state index in [9.17, 15) is 0 Å². The van der Waals surface area contributed by atoms with Gasteiger partial charge in [-0.3, -0.25) is 0 Å². The van der Waals surface area contributed by atoms with Gasteiger partial charge in [-0.2, -0.15) is 0 Å². The second-order valence-electron chi connectivity index (χ2n) is 3.59. The molecule has 0 spiro atoms. The Labute approximate surface area is 156 Å². The van der Waals surface area contributed by atoms with E-state index in [1.807, 2.05) is 0 Å². The molecule has 19 heavy (non-hydrogen) atoms. The molecule has 0 radical (unpaired) electrons. The maximum atomic E-state index is 6.55. The second kappa shape index (κ2) is 7.12. The maximum absolute atomic E-state index is 6.55. The molecule has 0 saturated heterocycles. The van der Waals surface area contributed by atoms with E-state index in [0.717, 1.165) is 0 Å². The first-order chi connectivity index (χ1) is 8.36. The summed E-state index contributed by atoms with van der Waals surface area (Å²) in [6.45, 7) is 0. The van der Waals surface area contributed by atoms with Crippen LogP contribution in [0.25, 0.3) is 0 Å². The van der Waals surface area contributed by atoms with Gasteiger partial charge in [0.25, 0.3) is 0 Å². The molecule has 0 nitrogen and oxygen atoms in total. The topological polar surface area (TPSA) is 0 Å². The molecule has 0 aliphatic heterocycles. The van der Waals surface area contributed by atoms with Crippen LogP contribution in [0.3, 0.4) is 0 Å². The molecule has 0 heterocycles. The Balaban J connectivity index is 3.57. The van der Waals surface area contributed by atoms with Gasteiger partial charge in [0.2, 0.25) is 0 Å². The van der Waals surface area contributed by atoms with Crippen LogP contribution in [0.1, 0.15) is 5.56 Å². The van der Waals surface area contributed by atoms with Crippen LogP contribution in [0.2, 0.25) is 0 Å². The Bertz CT molecular complexity index is 438. The van der Waals surface area contributed by atoms with Crippen LogP contribution in [0.4, 0.5) is 0 Å². The van der Waals surface area contributed by atoms with Gasteiger partial charge < -0.3 is 0 Å². The van der Waals surface area contributed by atoms with E-state index in [-0.39, 0.29) is 0 Å². The van der Waals surface area contributed by atoms with Gasteiger partial charge in [-0.1, -0.05) is 0 Å². The molecular formula is C8H5Cl9Sn2. The third-order valence-electron chi connectivity index (χ3n) is 2.35. The molecule has 0 N–H and O–H groups in total. The molecule has 11 heteroatoms. The number of halogens is 9. The van der Waals surface area contributed by atoms with E-state index in [1.165, 1.54) is 0 Å². The molecular weight excluding hydrogens is 653 g/mol. The molecule has 0 fully saturated rings. The van der Waals surface area contributed by atoms with Gasteiger partial charge in [-0.05, 0) is 0 Å². The third kappa shape index (κ3) is 4.10. The summed E-state index contributed by atoms with van der Waals surface area (Å²) in [4.78, 5) is 0. The number of hydrogen-bond donors (Lipinski definition) is 0. The van der Waals surface area contributed by atoms with Crippen molar-refractivity contribution in [1.29, 1.82) is 0 Å². The number of hydrogen-bond acceptors (Lipinski definition) is 0. The van der Waals surface area contributed by atoms with Crippen LogP contribution < -0.4 is 0 Å². The summed E-state index contributed by atoms with van der Waals surface area (Å²) in [6.07, 6.45) is 0. The van der Waals surface area contributed by atoms with Crippen LogP contribution in [0.15, 0.2) is 30.3 Å². The van der Waals surface area contributed by atoms with Gasteiger partial charge in [0.15, 0.2) is 0 Å². The number of rotatable bonds is 4. The number of benzene rings is 1. The molecule has 1 aromatic carbocycles. The van der Waals surface area contributed by atoms with Crippen molar-refractivity contribution in [3.8, 4) is 0 Å². The van der Waals surface area contributed by atoms with E-state index in [0.29, 0.717) is 5.56 Å². The van der Waals surface area contributed by atoms with Crippen LogP contribution >= 0.6 is 88.3 Å². The van der Waals surface area contributed by atoms with Crippen LogP contribution in [0.5, 0.6) is 0 Å². The van der Waals surface area contributed by atoms with Crippen molar-refractivity contribution in [3.63, 3.8) is 0 Å². The zero-order valence-corrected chi connectivity index (χ0v) is 21.3. The predicted octanol–water partition coefficient (Wildman–Crippen LogP) is 6.68. The molecule has 1 rings (SSSR count). The molecule has 108 valence electrons. The van der Waals surface area contributed by atoms with Gasteiger partial charge in [0, 0.05) is 0 Å². The minimum absolute atomic E-state index is 0.445. The first kappa shape index (κ1) is 20.5. The average molecular weight is 658 g/mol. The summed E-state index contributed by atoms with van der Waals surface area (Å²) in [5.41, 5.74) is 0.445. The van der Waals surface area contributed by atoms with Crippen molar-refractivity contribution in [3.05, 3.63) is 35.9 Å². The van der Waals surface area contributed by atoms with Crippen molar-refractivity contribution in [2.45, 2.75) is 5.24 Å². The summed E-state index contributed by atoms with van der Waals surface area (Å²) in [6, 6.07) is 8.50. The molecule has 0 aromatic heterocycles. The monoisotopic (exact) mass is 656 g/mol. The normalized spacial score (nSPS) is 17.1. The van der Waals surface area contributed by atoms with E-state index >= 15 is 0 Å². The fourth-order valence-corrected chi connectivity index (χ4v) is 35.6. The zero-order chi connectivity index (χ0) is 15.1. The van der Waals surface area contributed by atoms with Crippen LogP contribution in [-0.4, -0.2) is 32.3 Å². The van der Waals surface area contributed by atoms with Crippen molar-refractivity contribution in [2.24, 2.45) is 0 Å². The molecule has 1 atom stereocenters. The Morgan fingerprint density at radius 1 is 0.684 bits per heavy atom. The fraction of sp³-hybridized carbons (Fsp3) is 0.250. The fourth-order valence-electron chi connectivity index (χ4n) is 1.39. The van der Waals surface area contributed by atoms with Crippen molar-refractivity contribution in [2.75, 3.05) is 0 Å². The van der Waals surface area contributed by atoms with Crippen LogP contribution in [0, 0.1) is 0 Å². The summed E-state index contributed by atoms with van der Waals surface area (Å²) in [5.74, 6) is 0. The van der Waals surface area contributed by atoms with Gasteiger partial charge in [-0.15, -0.1) is 0 Å². The van der Waals surface area contributed by atoms with Gasteiger partial charge in [0.05, 0.1) is 0 Å². The summed E-state index contributed by atoms with van der Waals surface area (Å²) >= 11 is 10.1. The van der Waals surface area contributed by atoms with E-state index in [4.69, 9.17) is 88.3 Å². The Morgan fingerprint density at radius 2 is 1.11 bits per heavy atom. The molecule has 0 saturated carbocycles. The standard InChI is InChI=1S/C8H5Cl3.6ClH.2Sn/c9-7(8(10)11)6-4-2-1-3-5-6;;;;;;;;/h1-5H;6*1H;;/q;;;;;;;2*+3/p-6. The molecule has 1 aromatic rings. The zero-order valence-electron chi connectivity index (χ0n) is 8.79. The van der Waals surface area contributed by atoms with E-state index < -0.39 is 35.2 Å². The van der Waals surface area contributed by atoms with Gasteiger partial charge in [-0.25, -0.2) is 0 Å². The minimum atomic E-state index is -4.50. The Kier molecular flexibility index (Phi) is 7.68. The molecule has 0 bridgehead atoms. The van der Waals surface area contributed by atoms with Crippen molar-refractivity contribution >= 4 is 118 Å². The summed E-state index contributed by atoms with van der Waals surface area (Å²) in [7, 11) is 36.5. The molecule has 0 amide bonds. The molecule has 0 aliphatic carbocycles. The van der Waals surface area contributed by atoms with Crippen molar-refractivity contribution < 1.29 is 0 Å². The van der Waals surface area contributed by atoms with Crippen LogP contribution in [-0.2, 0) is 2.89 Å². The third-order valence-corrected chi connectivity index (χ3v) is 37.2. The Morgan fingerprint density at radius 3 is 1.42 bits per heavy atom. The van der Waals surface area contributed by atoms with Gasteiger partial charge in [0.1, 0.15) is 0 Å². The Hall–Kier alpha value is 3.43. The van der Waals surface area contributed by atoms with Crippen molar-refractivity contribution in [1.82, 2.24) is 0 Å².